The van der Waals surface area contributed by atoms with Crippen LogP contribution in [0, 0.1) is 17.7 Å². The van der Waals surface area contributed by atoms with Crippen molar-refractivity contribution >= 4 is 11.8 Å². The third-order valence-corrected chi connectivity index (χ3v) is 5.46. The van der Waals surface area contributed by atoms with Crippen LogP contribution in [0.1, 0.15) is 29.6 Å². The molecule has 130 valence electrons. The number of carbonyl (C=O) groups is 2. The number of hydrogen-bond acceptors (Lipinski definition) is 3. The zero-order valence-corrected chi connectivity index (χ0v) is 14.3. The third-order valence-electron chi connectivity index (χ3n) is 5.46. The summed E-state index contributed by atoms with van der Waals surface area (Å²) in [6, 6.07) is 4.45. The Labute approximate surface area is 141 Å². The van der Waals surface area contributed by atoms with Crippen molar-refractivity contribution in [2.45, 2.75) is 25.3 Å². The van der Waals surface area contributed by atoms with Gasteiger partial charge in [-0.3, -0.25) is 9.59 Å². The molecular formula is C18H23FN2O3. The first-order valence-electron chi connectivity index (χ1n) is 8.26. The number of fused-ring (bicyclic) bond motifs is 1. The minimum Gasteiger partial charge on any atom is -0.493 e. The molecule has 0 spiro atoms. The number of hydrogen-bond donors (Lipinski definition) is 0. The molecule has 0 aromatic heterocycles. The average molecular weight is 334 g/mol. The van der Waals surface area contributed by atoms with Gasteiger partial charge in [0, 0.05) is 33.1 Å². The predicted octanol–water partition coefficient (Wildman–Crippen LogP) is 2.16. The number of benzene rings is 1. The predicted molar refractivity (Wildman–Crippen MR) is 87.3 cm³/mol. The van der Waals surface area contributed by atoms with Gasteiger partial charge in [0.2, 0.25) is 5.91 Å². The van der Waals surface area contributed by atoms with Crippen molar-refractivity contribution in [3.63, 3.8) is 0 Å². The molecule has 1 saturated carbocycles. The number of nitrogens with zero attached hydrogens (tertiary/aromatic N) is 2. The van der Waals surface area contributed by atoms with E-state index < -0.39 is 5.82 Å². The highest BCUT2D eigenvalue weighted by molar-refractivity contribution is 5.97. The zero-order chi connectivity index (χ0) is 17.4. The Morgan fingerprint density at radius 3 is 2.75 bits per heavy atom. The van der Waals surface area contributed by atoms with E-state index in [9.17, 15) is 14.0 Å². The highest BCUT2D eigenvalue weighted by atomic mass is 19.1. The molecule has 0 unspecified atom stereocenters. The van der Waals surface area contributed by atoms with Crippen LogP contribution in [0.15, 0.2) is 18.2 Å². The molecule has 3 atom stereocenters. The second kappa shape index (κ2) is 6.42. The summed E-state index contributed by atoms with van der Waals surface area (Å²) in [5.41, 5.74) is 0.239. The molecule has 2 fully saturated rings. The van der Waals surface area contributed by atoms with Crippen LogP contribution in [0.25, 0.3) is 0 Å². The fraction of sp³-hybridized carbons (Fsp3) is 0.556. The lowest BCUT2D eigenvalue weighted by atomic mass is 9.88. The Morgan fingerprint density at radius 1 is 1.33 bits per heavy atom. The summed E-state index contributed by atoms with van der Waals surface area (Å²) in [5, 5.41) is 0. The molecule has 2 aliphatic rings. The second-order valence-corrected chi connectivity index (χ2v) is 6.86. The van der Waals surface area contributed by atoms with Crippen LogP contribution in [0.2, 0.25) is 0 Å². The topological polar surface area (TPSA) is 49.9 Å². The van der Waals surface area contributed by atoms with Gasteiger partial charge >= 0.3 is 0 Å². The maximum atomic E-state index is 13.8. The maximum Gasteiger partial charge on any atom is 0.257 e. The fourth-order valence-corrected chi connectivity index (χ4v) is 4.04. The van der Waals surface area contributed by atoms with Crippen molar-refractivity contribution < 1.29 is 18.7 Å². The van der Waals surface area contributed by atoms with Crippen molar-refractivity contribution in [3.8, 4) is 5.75 Å². The Morgan fingerprint density at radius 2 is 2.04 bits per heavy atom. The maximum absolute atomic E-state index is 13.8. The SMILES string of the molecule is COc1c(F)cccc1C(=O)N(C)[C@H]1C[C@H]2CC(=O)N(C)C[C@H]2C1. The minimum absolute atomic E-state index is 0.0142. The fourth-order valence-electron chi connectivity index (χ4n) is 4.04. The quantitative estimate of drug-likeness (QED) is 0.851. The molecule has 1 saturated heterocycles. The van der Waals surface area contributed by atoms with Crippen molar-refractivity contribution in [3.05, 3.63) is 29.6 Å². The van der Waals surface area contributed by atoms with Crippen molar-refractivity contribution in [1.82, 2.24) is 9.80 Å². The monoisotopic (exact) mass is 334 g/mol. The first-order valence-corrected chi connectivity index (χ1v) is 8.26. The van der Waals surface area contributed by atoms with Crippen LogP contribution in [-0.2, 0) is 4.79 Å². The number of rotatable bonds is 3. The zero-order valence-electron chi connectivity index (χ0n) is 14.3. The van der Waals surface area contributed by atoms with Crippen LogP contribution in [0.5, 0.6) is 5.75 Å². The van der Waals surface area contributed by atoms with Gasteiger partial charge in [0.25, 0.3) is 5.91 Å². The first-order chi connectivity index (χ1) is 11.4. The van der Waals surface area contributed by atoms with Gasteiger partial charge in [0.1, 0.15) is 0 Å². The summed E-state index contributed by atoms with van der Waals surface area (Å²) in [6.45, 7) is 0.755. The van der Waals surface area contributed by atoms with Crippen molar-refractivity contribution in [1.29, 1.82) is 0 Å². The van der Waals surface area contributed by atoms with Gasteiger partial charge < -0.3 is 14.5 Å². The van der Waals surface area contributed by atoms with Gasteiger partial charge in [-0.15, -0.1) is 0 Å². The van der Waals surface area contributed by atoms with E-state index in [1.807, 2.05) is 7.05 Å². The summed E-state index contributed by atoms with van der Waals surface area (Å²) in [4.78, 5) is 28.1. The number of methoxy groups -OCH3 is 1. The largest absolute Gasteiger partial charge is 0.493 e. The van der Waals surface area contributed by atoms with Gasteiger partial charge in [-0.2, -0.15) is 0 Å². The van der Waals surface area contributed by atoms with Gasteiger partial charge in [0.15, 0.2) is 11.6 Å². The van der Waals surface area contributed by atoms with Crippen LogP contribution in [-0.4, -0.2) is 55.4 Å². The molecule has 6 heteroatoms. The molecule has 2 amide bonds. The van der Waals surface area contributed by atoms with Gasteiger partial charge in [0.05, 0.1) is 12.7 Å². The first kappa shape index (κ1) is 16.7. The van der Waals surface area contributed by atoms with E-state index in [-0.39, 0.29) is 29.2 Å². The smallest absolute Gasteiger partial charge is 0.257 e. The molecule has 1 aliphatic heterocycles. The van der Waals surface area contributed by atoms with E-state index in [2.05, 4.69) is 0 Å². The van der Waals surface area contributed by atoms with Crippen molar-refractivity contribution in [2.75, 3.05) is 27.7 Å². The molecular weight excluding hydrogens is 311 g/mol. The lowest BCUT2D eigenvalue weighted by Gasteiger charge is -2.31. The van der Waals surface area contributed by atoms with Crippen LogP contribution in [0.3, 0.4) is 0 Å². The summed E-state index contributed by atoms with van der Waals surface area (Å²) < 4.78 is 18.9. The highest BCUT2D eigenvalue weighted by Gasteiger charge is 2.42. The van der Waals surface area contributed by atoms with E-state index in [4.69, 9.17) is 4.74 Å². The van der Waals surface area contributed by atoms with Crippen LogP contribution in [0.4, 0.5) is 4.39 Å². The Kier molecular flexibility index (Phi) is 4.47. The highest BCUT2D eigenvalue weighted by Crippen LogP contribution is 2.40. The van der Waals surface area contributed by atoms with E-state index in [1.54, 1.807) is 22.9 Å². The molecule has 1 aromatic rings. The molecule has 1 aromatic carbocycles. The van der Waals surface area contributed by atoms with Gasteiger partial charge in [-0.1, -0.05) is 6.07 Å². The number of amides is 2. The number of piperidine rings is 1. The van der Waals surface area contributed by atoms with Crippen molar-refractivity contribution in [2.24, 2.45) is 11.8 Å². The Hall–Kier alpha value is -2.11. The molecule has 3 rings (SSSR count). The number of para-hydroxylation sites is 1. The third kappa shape index (κ3) is 2.85. The molecule has 1 heterocycles. The normalized spacial score (nSPS) is 26.2. The van der Waals surface area contributed by atoms with Crippen LogP contribution >= 0.6 is 0 Å². The second-order valence-electron chi connectivity index (χ2n) is 6.86. The number of ether oxygens (including phenoxy) is 1. The number of likely N-dealkylation sites (tertiary alicyclic amines) is 1. The van der Waals surface area contributed by atoms with Gasteiger partial charge in [-0.05, 0) is 36.8 Å². The lowest BCUT2D eigenvalue weighted by Crippen LogP contribution is -2.40. The number of carbonyl (C=O) groups excluding carboxylic acids is 2. The van der Waals surface area contributed by atoms with E-state index in [0.29, 0.717) is 18.3 Å². The van der Waals surface area contributed by atoms with Crippen LogP contribution < -0.4 is 4.74 Å². The Bertz CT molecular complexity index is 664. The summed E-state index contributed by atoms with van der Waals surface area (Å²) in [6.07, 6.45) is 2.26. The molecule has 1 aliphatic carbocycles. The summed E-state index contributed by atoms with van der Waals surface area (Å²) >= 11 is 0. The standard InChI is InChI=1S/C18H23FN2O3/c1-20-10-12-8-13(7-11(12)9-16(20)22)21(2)18(23)14-5-4-6-15(19)17(14)24-3/h4-6,11-13H,7-10H2,1-3H3/t11-,12+,13-/m0/s1. The number of halogens is 1. The molecule has 0 radical (unpaired) electrons. The average Bonchev–Trinajstić information content (AvgIpc) is 2.96. The molecule has 0 N–H and O–H groups in total. The summed E-state index contributed by atoms with van der Waals surface area (Å²) in [5.74, 6) is 0.154. The Balaban J connectivity index is 1.76. The van der Waals surface area contributed by atoms with Gasteiger partial charge in [-0.25, -0.2) is 4.39 Å². The van der Waals surface area contributed by atoms with E-state index in [0.717, 1.165) is 19.4 Å². The lowest BCUT2D eigenvalue weighted by molar-refractivity contribution is -0.134. The molecule has 24 heavy (non-hydrogen) atoms. The van der Waals surface area contributed by atoms with E-state index >= 15 is 0 Å². The summed E-state index contributed by atoms with van der Waals surface area (Å²) in [7, 11) is 4.94. The molecule has 0 bridgehead atoms. The van der Waals surface area contributed by atoms with E-state index in [1.165, 1.54) is 19.2 Å². The molecule has 5 nitrogen and oxygen atoms in total. The minimum atomic E-state index is -0.538.